The van der Waals surface area contributed by atoms with Crippen LogP contribution in [0, 0.1) is 0 Å². The van der Waals surface area contributed by atoms with E-state index in [1.54, 1.807) is 6.08 Å². The lowest BCUT2D eigenvalue weighted by atomic mass is 10.2. The van der Waals surface area contributed by atoms with E-state index in [1.807, 2.05) is 12.2 Å². The van der Waals surface area contributed by atoms with Crippen molar-refractivity contribution >= 4 is 11.6 Å². The summed E-state index contributed by atoms with van der Waals surface area (Å²) in [6.45, 7) is 4.85. The third kappa shape index (κ3) is 2.63. The molecule has 0 aromatic carbocycles. The maximum absolute atomic E-state index is 5.69. The van der Waals surface area contributed by atoms with E-state index in [4.69, 9.17) is 21.1 Å². The Morgan fingerprint density at radius 1 is 1.42 bits per heavy atom. The van der Waals surface area contributed by atoms with E-state index in [0.29, 0.717) is 19.1 Å². The molecule has 1 saturated heterocycles. The van der Waals surface area contributed by atoms with Gasteiger partial charge in [-0.3, -0.25) is 0 Å². The highest BCUT2D eigenvalue weighted by Gasteiger charge is 2.23. The number of hydrogen-bond acceptors (Lipinski definition) is 2. The number of ether oxygens (including phenoxy) is 2. The molecule has 0 radical (unpaired) electrons. The lowest BCUT2D eigenvalue weighted by Gasteiger charge is -2.28. The molecule has 0 aromatic rings. The van der Waals surface area contributed by atoms with E-state index >= 15 is 0 Å². The predicted octanol–water partition coefficient (Wildman–Crippen LogP) is 1.75. The van der Waals surface area contributed by atoms with Gasteiger partial charge in [0, 0.05) is 0 Å². The molecule has 0 bridgehead atoms. The topological polar surface area (TPSA) is 18.5 Å². The zero-order valence-electron chi connectivity index (χ0n) is 6.91. The molecule has 0 aliphatic carbocycles. The molecule has 0 aromatic heterocycles. The average Bonchev–Trinajstić information content (AvgIpc) is 2.15. The van der Waals surface area contributed by atoms with Gasteiger partial charge in [0.15, 0.2) is 0 Å². The zero-order valence-corrected chi connectivity index (χ0v) is 7.67. The average molecular weight is 189 g/mol. The molecular formula is C9H13ClO2. The third-order valence-electron chi connectivity index (χ3n) is 1.68. The van der Waals surface area contributed by atoms with Gasteiger partial charge in [0.1, 0.15) is 12.2 Å². The van der Waals surface area contributed by atoms with Crippen molar-refractivity contribution in [1.29, 1.82) is 0 Å². The smallest absolute Gasteiger partial charge is 0.103 e. The van der Waals surface area contributed by atoms with Crippen molar-refractivity contribution in [3.8, 4) is 0 Å². The second-order valence-electron chi connectivity index (χ2n) is 2.52. The minimum Gasteiger partial charge on any atom is -0.372 e. The maximum atomic E-state index is 5.69. The van der Waals surface area contributed by atoms with Crippen LogP contribution in [0.1, 0.15) is 0 Å². The largest absolute Gasteiger partial charge is 0.372 e. The Labute approximate surface area is 77.8 Å². The van der Waals surface area contributed by atoms with Crippen molar-refractivity contribution < 1.29 is 9.47 Å². The van der Waals surface area contributed by atoms with E-state index < -0.39 is 0 Å². The third-order valence-corrected chi connectivity index (χ3v) is 1.99. The number of allylic oxidation sites excluding steroid dienone is 2. The molecule has 0 saturated carbocycles. The first kappa shape index (κ1) is 9.78. The first-order valence-corrected chi connectivity index (χ1v) is 4.50. The molecule has 1 aliphatic heterocycles. The molecule has 3 heteroatoms. The van der Waals surface area contributed by atoms with Crippen LogP contribution in [0.2, 0.25) is 0 Å². The molecule has 2 nitrogen and oxygen atoms in total. The zero-order chi connectivity index (χ0) is 8.81. The van der Waals surface area contributed by atoms with Crippen LogP contribution in [0.5, 0.6) is 0 Å². The normalized spacial score (nSPS) is 30.8. The summed E-state index contributed by atoms with van der Waals surface area (Å²) in [6, 6.07) is 0. The SMILES string of the molecule is C=C/C=C/[C@@H]1OCCO[C@@H]1CCl. The molecule has 1 aliphatic rings. The summed E-state index contributed by atoms with van der Waals surface area (Å²) in [5, 5.41) is 0. The van der Waals surface area contributed by atoms with Crippen molar-refractivity contribution in [1.82, 2.24) is 0 Å². The van der Waals surface area contributed by atoms with Crippen LogP contribution in [-0.2, 0) is 9.47 Å². The minimum atomic E-state index is -0.0192. The first-order chi connectivity index (χ1) is 5.88. The van der Waals surface area contributed by atoms with Gasteiger partial charge in [-0.05, 0) is 0 Å². The van der Waals surface area contributed by atoms with Crippen LogP contribution in [0.15, 0.2) is 24.8 Å². The number of alkyl halides is 1. The summed E-state index contributed by atoms with van der Waals surface area (Å²) < 4.78 is 10.8. The fourth-order valence-electron chi connectivity index (χ4n) is 1.09. The molecule has 1 heterocycles. The number of halogens is 1. The van der Waals surface area contributed by atoms with Gasteiger partial charge >= 0.3 is 0 Å². The quantitative estimate of drug-likeness (QED) is 0.496. The van der Waals surface area contributed by atoms with Crippen molar-refractivity contribution in [3.63, 3.8) is 0 Å². The standard InChI is InChI=1S/C9H13ClO2/c1-2-3-4-8-9(7-10)12-6-5-11-8/h2-4,8-9H,1,5-7H2/b4-3+/t8-,9+/m0/s1. The first-order valence-electron chi connectivity index (χ1n) is 3.97. The molecule has 0 spiro atoms. The fourth-order valence-corrected chi connectivity index (χ4v) is 1.35. The molecule has 1 fully saturated rings. The summed E-state index contributed by atoms with van der Waals surface area (Å²) in [4.78, 5) is 0. The van der Waals surface area contributed by atoms with Crippen LogP contribution < -0.4 is 0 Å². The minimum absolute atomic E-state index is 0.0170. The predicted molar refractivity (Wildman–Crippen MR) is 49.5 cm³/mol. The second-order valence-corrected chi connectivity index (χ2v) is 2.83. The lowest BCUT2D eigenvalue weighted by molar-refractivity contribution is -0.111. The second kappa shape index (κ2) is 5.36. The molecule has 12 heavy (non-hydrogen) atoms. The summed E-state index contributed by atoms with van der Waals surface area (Å²) in [7, 11) is 0. The Kier molecular flexibility index (Phi) is 4.36. The van der Waals surface area contributed by atoms with E-state index in [2.05, 4.69) is 6.58 Å². The van der Waals surface area contributed by atoms with Crippen molar-refractivity contribution in [2.24, 2.45) is 0 Å². The van der Waals surface area contributed by atoms with E-state index in [1.165, 1.54) is 0 Å². The van der Waals surface area contributed by atoms with Gasteiger partial charge < -0.3 is 9.47 Å². The Morgan fingerprint density at radius 2 is 2.17 bits per heavy atom. The van der Waals surface area contributed by atoms with Crippen molar-refractivity contribution in [3.05, 3.63) is 24.8 Å². The van der Waals surface area contributed by atoms with Crippen LogP contribution in [0.3, 0.4) is 0 Å². The monoisotopic (exact) mass is 188 g/mol. The molecule has 0 amide bonds. The lowest BCUT2D eigenvalue weighted by Crippen LogP contribution is -2.38. The van der Waals surface area contributed by atoms with E-state index in [-0.39, 0.29) is 12.2 Å². The van der Waals surface area contributed by atoms with Gasteiger partial charge in [-0.15, -0.1) is 11.6 Å². The highest BCUT2D eigenvalue weighted by atomic mass is 35.5. The van der Waals surface area contributed by atoms with Gasteiger partial charge in [-0.25, -0.2) is 0 Å². The van der Waals surface area contributed by atoms with Gasteiger partial charge in [0.25, 0.3) is 0 Å². The summed E-state index contributed by atoms with van der Waals surface area (Å²) in [5.74, 6) is 0.464. The Bertz CT molecular complexity index is 168. The van der Waals surface area contributed by atoms with Crippen molar-refractivity contribution in [2.45, 2.75) is 12.2 Å². The van der Waals surface area contributed by atoms with Gasteiger partial charge in [-0.2, -0.15) is 0 Å². The molecule has 68 valence electrons. The Balaban J connectivity index is 2.46. The van der Waals surface area contributed by atoms with Crippen LogP contribution >= 0.6 is 11.6 Å². The summed E-state index contributed by atoms with van der Waals surface area (Å²) in [6.07, 6.45) is 5.44. The van der Waals surface area contributed by atoms with Gasteiger partial charge in [0.05, 0.1) is 19.1 Å². The molecular weight excluding hydrogens is 176 g/mol. The van der Waals surface area contributed by atoms with Crippen LogP contribution in [0.25, 0.3) is 0 Å². The van der Waals surface area contributed by atoms with E-state index in [9.17, 15) is 0 Å². The number of rotatable bonds is 3. The Hall–Kier alpha value is -0.310. The van der Waals surface area contributed by atoms with Crippen LogP contribution in [-0.4, -0.2) is 31.3 Å². The highest BCUT2D eigenvalue weighted by Crippen LogP contribution is 2.12. The highest BCUT2D eigenvalue weighted by molar-refractivity contribution is 6.18. The van der Waals surface area contributed by atoms with Gasteiger partial charge in [0.2, 0.25) is 0 Å². The van der Waals surface area contributed by atoms with Crippen LogP contribution in [0.4, 0.5) is 0 Å². The fraction of sp³-hybridized carbons (Fsp3) is 0.556. The maximum Gasteiger partial charge on any atom is 0.103 e. The van der Waals surface area contributed by atoms with Crippen molar-refractivity contribution in [2.75, 3.05) is 19.1 Å². The molecule has 1 rings (SSSR count). The van der Waals surface area contributed by atoms with E-state index in [0.717, 1.165) is 0 Å². The number of hydrogen-bond donors (Lipinski definition) is 0. The van der Waals surface area contributed by atoms with Gasteiger partial charge in [-0.1, -0.05) is 24.8 Å². The molecule has 0 N–H and O–H groups in total. The Morgan fingerprint density at radius 3 is 2.83 bits per heavy atom. The molecule has 0 unspecified atom stereocenters. The summed E-state index contributed by atoms with van der Waals surface area (Å²) >= 11 is 5.69. The summed E-state index contributed by atoms with van der Waals surface area (Å²) in [5.41, 5.74) is 0. The molecule has 2 atom stereocenters.